The summed E-state index contributed by atoms with van der Waals surface area (Å²) < 4.78 is 4.87. The molecule has 1 fully saturated rings. The molecular weight excluding hydrogens is 168 g/mol. The lowest BCUT2D eigenvalue weighted by Crippen LogP contribution is -2.40. The molecule has 2 unspecified atom stereocenters. The van der Waals surface area contributed by atoms with E-state index in [4.69, 9.17) is 10.5 Å². The molecule has 1 rings (SSSR count). The molecule has 0 amide bonds. The van der Waals surface area contributed by atoms with E-state index in [0.717, 1.165) is 19.5 Å². The molecule has 1 saturated heterocycles. The summed E-state index contributed by atoms with van der Waals surface area (Å²) in [4.78, 5) is 13.5. The lowest BCUT2D eigenvalue weighted by molar-refractivity contribution is -0.145. The Bertz CT molecular complexity index is 184. The van der Waals surface area contributed by atoms with E-state index in [2.05, 4.69) is 4.90 Å². The van der Waals surface area contributed by atoms with Crippen molar-refractivity contribution in [3.8, 4) is 0 Å². The SMILES string of the molecule is CCOC(=O)C(N)C1CCN(C)C1. The highest BCUT2D eigenvalue weighted by Gasteiger charge is 2.30. The molecule has 0 bridgehead atoms. The first-order chi connectivity index (χ1) is 6.15. The number of ether oxygens (including phenoxy) is 1. The standard InChI is InChI=1S/C9H18N2O2/c1-3-13-9(12)8(10)7-4-5-11(2)6-7/h7-8H,3-6,10H2,1-2H3. The average molecular weight is 186 g/mol. The zero-order valence-corrected chi connectivity index (χ0v) is 8.32. The van der Waals surface area contributed by atoms with Crippen molar-refractivity contribution in [2.24, 2.45) is 11.7 Å². The molecule has 13 heavy (non-hydrogen) atoms. The van der Waals surface area contributed by atoms with Crippen molar-refractivity contribution in [1.82, 2.24) is 4.90 Å². The molecule has 2 N–H and O–H groups in total. The number of hydrogen-bond acceptors (Lipinski definition) is 4. The van der Waals surface area contributed by atoms with E-state index in [-0.39, 0.29) is 11.9 Å². The Morgan fingerprint density at radius 3 is 2.92 bits per heavy atom. The van der Waals surface area contributed by atoms with Crippen molar-refractivity contribution in [3.05, 3.63) is 0 Å². The summed E-state index contributed by atoms with van der Waals surface area (Å²) in [6.07, 6.45) is 0.997. The van der Waals surface area contributed by atoms with Crippen molar-refractivity contribution in [2.45, 2.75) is 19.4 Å². The van der Waals surface area contributed by atoms with Gasteiger partial charge in [0, 0.05) is 6.54 Å². The summed E-state index contributed by atoms with van der Waals surface area (Å²) in [5, 5.41) is 0. The maximum atomic E-state index is 11.3. The molecule has 76 valence electrons. The number of esters is 1. The first-order valence-corrected chi connectivity index (χ1v) is 4.76. The molecule has 2 atom stereocenters. The fraction of sp³-hybridized carbons (Fsp3) is 0.889. The van der Waals surface area contributed by atoms with Crippen LogP contribution in [0.2, 0.25) is 0 Å². The predicted molar refractivity (Wildman–Crippen MR) is 50.2 cm³/mol. The number of nitrogens with zero attached hydrogens (tertiary/aromatic N) is 1. The molecule has 1 heterocycles. The van der Waals surface area contributed by atoms with Gasteiger partial charge in [0.1, 0.15) is 6.04 Å². The number of likely N-dealkylation sites (tertiary alicyclic amines) is 1. The minimum absolute atomic E-state index is 0.261. The maximum Gasteiger partial charge on any atom is 0.323 e. The zero-order valence-electron chi connectivity index (χ0n) is 8.32. The van der Waals surface area contributed by atoms with Crippen LogP contribution < -0.4 is 5.73 Å². The van der Waals surface area contributed by atoms with E-state index >= 15 is 0 Å². The summed E-state index contributed by atoms with van der Waals surface area (Å²) in [6.45, 7) is 4.14. The molecule has 1 aliphatic rings. The highest BCUT2D eigenvalue weighted by Crippen LogP contribution is 2.17. The second kappa shape index (κ2) is 4.58. The quantitative estimate of drug-likeness (QED) is 0.622. The first kappa shape index (κ1) is 10.5. The summed E-state index contributed by atoms with van der Waals surface area (Å²) in [5.41, 5.74) is 5.77. The van der Waals surface area contributed by atoms with Crippen LogP contribution in [0.5, 0.6) is 0 Å². The second-order valence-corrected chi connectivity index (χ2v) is 3.59. The third kappa shape index (κ3) is 2.67. The van der Waals surface area contributed by atoms with Gasteiger partial charge in [0.2, 0.25) is 0 Å². The monoisotopic (exact) mass is 186 g/mol. The molecule has 0 radical (unpaired) electrons. The minimum atomic E-state index is -0.440. The Kier molecular flexibility index (Phi) is 3.69. The van der Waals surface area contributed by atoms with E-state index in [9.17, 15) is 4.79 Å². The van der Waals surface area contributed by atoms with Gasteiger partial charge >= 0.3 is 5.97 Å². The van der Waals surface area contributed by atoms with Crippen LogP contribution in [0.3, 0.4) is 0 Å². The van der Waals surface area contributed by atoms with Gasteiger partial charge in [-0.15, -0.1) is 0 Å². The van der Waals surface area contributed by atoms with Crippen LogP contribution in [0.4, 0.5) is 0 Å². The molecule has 4 nitrogen and oxygen atoms in total. The fourth-order valence-corrected chi connectivity index (χ4v) is 1.69. The van der Waals surface area contributed by atoms with E-state index < -0.39 is 6.04 Å². The average Bonchev–Trinajstić information content (AvgIpc) is 2.51. The van der Waals surface area contributed by atoms with Crippen molar-refractivity contribution in [1.29, 1.82) is 0 Å². The molecule has 4 heteroatoms. The van der Waals surface area contributed by atoms with Crippen LogP contribution in [0, 0.1) is 5.92 Å². The van der Waals surface area contributed by atoms with Crippen LogP contribution >= 0.6 is 0 Å². The highest BCUT2D eigenvalue weighted by atomic mass is 16.5. The second-order valence-electron chi connectivity index (χ2n) is 3.59. The van der Waals surface area contributed by atoms with Crippen molar-refractivity contribution in [3.63, 3.8) is 0 Å². The minimum Gasteiger partial charge on any atom is -0.465 e. The Hall–Kier alpha value is -0.610. The van der Waals surface area contributed by atoms with Gasteiger partial charge in [0.25, 0.3) is 0 Å². The fourth-order valence-electron chi connectivity index (χ4n) is 1.69. The Morgan fingerprint density at radius 2 is 2.46 bits per heavy atom. The molecule has 1 aliphatic heterocycles. The molecule has 0 spiro atoms. The van der Waals surface area contributed by atoms with Gasteiger partial charge in [-0.2, -0.15) is 0 Å². The Morgan fingerprint density at radius 1 is 1.77 bits per heavy atom. The lowest BCUT2D eigenvalue weighted by Gasteiger charge is -2.17. The van der Waals surface area contributed by atoms with Gasteiger partial charge in [-0.25, -0.2) is 0 Å². The lowest BCUT2D eigenvalue weighted by atomic mass is 10.0. The van der Waals surface area contributed by atoms with Gasteiger partial charge in [-0.1, -0.05) is 0 Å². The summed E-state index contributed by atoms with van der Waals surface area (Å²) in [6, 6.07) is -0.440. The highest BCUT2D eigenvalue weighted by molar-refractivity contribution is 5.75. The largest absolute Gasteiger partial charge is 0.465 e. The van der Waals surface area contributed by atoms with Crippen LogP contribution in [0.1, 0.15) is 13.3 Å². The normalized spacial score (nSPS) is 25.9. The number of hydrogen-bond donors (Lipinski definition) is 1. The van der Waals surface area contributed by atoms with Gasteiger partial charge in [-0.3, -0.25) is 4.79 Å². The van der Waals surface area contributed by atoms with E-state index in [0.29, 0.717) is 6.61 Å². The number of rotatable bonds is 3. The topological polar surface area (TPSA) is 55.6 Å². The molecule has 0 aromatic rings. The number of nitrogens with two attached hydrogens (primary N) is 1. The molecule has 0 saturated carbocycles. The zero-order chi connectivity index (χ0) is 9.84. The van der Waals surface area contributed by atoms with Crippen LogP contribution in [-0.4, -0.2) is 43.7 Å². The molecule has 0 aromatic carbocycles. The number of carbonyl (C=O) groups is 1. The van der Waals surface area contributed by atoms with Crippen molar-refractivity contribution >= 4 is 5.97 Å². The Balaban J connectivity index is 2.38. The summed E-state index contributed by atoms with van der Waals surface area (Å²) in [7, 11) is 2.04. The van der Waals surface area contributed by atoms with E-state index in [1.807, 2.05) is 7.05 Å². The Labute approximate surface area is 79.0 Å². The van der Waals surface area contributed by atoms with E-state index in [1.165, 1.54) is 0 Å². The van der Waals surface area contributed by atoms with Gasteiger partial charge in [0.05, 0.1) is 6.61 Å². The molecule has 0 aliphatic carbocycles. The summed E-state index contributed by atoms with van der Waals surface area (Å²) >= 11 is 0. The van der Waals surface area contributed by atoms with Crippen LogP contribution in [0.25, 0.3) is 0 Å². The predicted octanol–water partition coefficient (Wildman–Crippen LogP) is -0.171. The van der Waals surface area contributed by atoms with E-state index in [1.54, 1.807) is 6.92 Å². The van der Waals surface area contributed by atoms with Crippen molar-refractivity contribution in [2.75, 3.05) is 26.7 Å². The van der Waals surface area contributed by atoms with Gasteiger partial charge in [-0.05, 0) is 32.9 Å². The third-order valence-corrected chi connectivity index (χ3v) is 2.49. The van der Waals surface area contributed by atoms with Crippen LogP contribution in [0.15, 0.2) is 0 Å². The van der Waals surface area contributed by atoms with Crippen LogP contribution in [-0.2, 0) is 9.53 Å². The maximum absolute atomic E-state index is 11.3. The summed E-state index contributed by atoms with van der Waals surface area (Å²) in [5.74, 6) is 0.00634. The molecule has 0 aromatic heterocycles. The first-order valence-electron chi connectivity index (χ1n) is 4.76. The molecular formula is C9H18N2O2. The number of carbonyl (C=O) groups excluding carboxylic acids is 1. The smallest absolute Gasteiger partial charge is 0.323 e. The van der Waals surface area contributed by atoms with Crippen molar-refractivity contribution < 1.29 is 9.53 Å². The van der Waals surface area contributed by atoms with Gasteiger partial charge < -0.3 is 15.4 Å². The van der Waals surface area contributed by atoms with Gasteiger partial charge in [0.15, 0.2) is 0 Å². The third-order valence-electron chi connectivity index (χ3n) is 2.49.